The Hall–Kier alpha value is -2.13. The zero-order valence-corrected chi connectivity index (χ0v) is 15.8. The Balaban J connectivity index is 3.31. The quantitative estimate of drug-likeness (QED) is 0.711. The highest BCUT2D eigenvalue weighted by Gasteiger charge is 2.34. The molecule has 1 amide bonds. The summed E-state index contributed by atoms with van der Waals surface area (Å²) in [5.74, 6) is -1.73. The second kappa shape index (κ2) is 7.83. The smallest absolute Gasteiger partial charge is 0.329 e. The second-order valence-electron chi connectivity index (χ2n) is 5.99. The van der Waals surface area contributed by atoms with Gasteiger partial charge in [-0.05, 0) is 31.5 Å². The van der Waals surface area contributed by atoms with Crippen molar-refractivity contribution < 1.29 is 27.9 Å². The van der Waals surface area contributed by atoms with Crippen LogP contribution in [0.2, 0.25) is 0 Å². The van der Waals surface area contributed by atoms with E-state index in [4.69, 9.17) is 4.74 Å². The molecule has 0 heterocycles. The Labute approximate surface area is 147 Å². The molecule has 1 aromatic carbocycles. The summed E-state index contributed by atoms with van der Waals surface area (Å²) in [4.78, 5) is 23.8. The lowest BCUT2D eigenvalue weighted by atomic mass is 9.95. The van der Waals surface area contributed by atoms with E-state index in [1.54, 1.807) is 0 Å². The number of rotatable bonds is 8. The number of ether oxygens (including phenoxy) is 1. The Bertz CT molecular complexity index is 760. The molecule has 1 rings (SSSR count). The highest BCUT2D eigenvalue weighted by atomic mass is 32.2. The summed E-state index contributed by atoms with van der Waals surface area (Å²) in [6.07, 6.45) is 0.805. The maximum absolute atomic E-state index is 12.5. The lowest BCUT2D eigenvalue weighted by Crippen LogP contribution is -2.52. The summed E-state index contributed by atoms with van der Waals surface area (Å²) in [6.45, 7) is 3.22. The van der Waals surface area contributed by atoms with Gasteiger partial charge in [0.1, 0.15) is 16.2 Å². The number of nitrogens with one attached hydrogen (secondary N) is 1. The van der Waals surface area contributed by atoms with Crippen LogP contribution in [-0.2, 0) is 14.8 Å². The number of hydrogen-bond acceptors (Lipinski definition) is 5. The van der Waals surface area contributed by atoms with Gasteiger partial charge in [-0.25, -0.2) is 17.5 Å². The van der Waals surface area contributed by atoms with Crippen molar-refractivity contribution in [2.24, 2.45) is 0 Å². The van der Waals surface area contributed by atoms with E-state index in [0.29, 0.717) is 6.42 Å². The number of sulfonamides is 1. The van der Waals surface area contributed by atoms with Crippen LogP contribution in [0.4, 0.5) is 0 Å². The van der Waals surface area contributed by atoms with Crippen LogP contribution >= 0.6 is 0 Å². The first-order valence-electron chi connectivity index (χ1n) is 7.66. The standard InChI is InChI=1S/C16H24N2O6S/c1-6-9-16(2,15(20)21)17-14(19)11-7-8-12(24-5)13(10-11)25(22,23)18(3)4/h7-8,10H,6,9H2,1-5H3,(H,17,19)(H,20,21). The minimum atomic E-state index is -3.83. The van der Waals surface area contributed by atoms with Gasteiger partial charge in [-0.1, -0.05) is 13.3 Å². The average Bonchev–Trinajstić information content (AvgIpc) is 2.53. The number of aliphatic carboxylic acids is 1. The first-order chi connectivity index (χ1) is 11.5. The maximum atomic E-state index is 12.5. The van der Waals surface area contributed by atoms with Crippen molar-refractivity contribution in [2.75, 3.05) is 21.2 Å². The number of nitrogens with zero attached hydrogens (tertiary/aromatic N) is 1. The van der Waals surface area contributed by atoms with Crippen LogP contribution in [0, 0.1) is 0 Å². The van der Waals surface area contributed by atoms with E-state index in [1.807, 2.05) is 6.92 Å². The number of benzene rings is 1. The molecule has 0 aromatic heterocycles. The van der Waals surface area contributed by atoms with E-state index >= 15 is 0 Å². The summed E-state index contributed by atoms with van der Waals surface area (Å²) in [5.41, 5.74) is -1.41. The van der Waals surface area contributed by atoms with E-state index in [0.717, 1.165) is 4.31 Å². The van der Waals surface area contributed by atoms with Gasteiger partial charge in [0.05, 0.1) is 7.11 Å². The molecule has 0 spiro atoms. The van der Waals surface area contributed by atoms with E-state index in [1.165, 1.54) is 46.3 Å². The van der Waals surface area contributed by atoms with Crippen LogP contribution in [0.15, 0.2) is 23.1 Å². The number of carbonyl (C=O) groups is 2. The van der Waals surface area contributed by atoms with Crippen molar-refractivity contribution in [2.45, 2.75) is 37.1 Å². The molecule has 1 aromatic rings. The largest absolute Gasteiger partial charge is 0.495 e. The van der Waals surface area contributed by atoms with Crippen LogP contribution in [0.3, 0.4) is 0 Å². The predicted octanol–water partition coefficient (Wildman–Crippen LogP) is 1.32. The molecular formula is C16H24N2O6S. The zero-order valence-electron chi connectivity index (χ0n) is 15.0. The monoisotopic (exact) mass is 372 g/mol. The number of carboxylic acid groups (broad SMARTS) is 1. The van der Waals surface area contributed by atoms with Crippen LogP contribution < -0.4 is 10.1 Å². The number of methoxy groups -OCH3 is 1. The molecule has 0 saturated heterocycles. The fourth-order valence-electron chi connectivity index (χ4n) is 2.26. The van der Waals surface area contributed by atoms with Gasteiger partial charge in [-0.2, -0.15) is 0 Å². The maximum Gasteiger partial charge on any atom is 0.329 e. The van der Waals surface area contributed by atoms with Crippen molar-refractivity contribution in [3.8, 4) is 5.75 Å². The summed E-state index contributed by atoms with van der Waals surface area (Å²) in [6, 6.07) is 3.93. The molecule has 9 heteroatoms. The molecule has 140 valence electrons. The zero-order chi connectivity index (χ0) is 19.4. The van der Waals surface area contributed by atoms with Crippen molar-refractivity contribution in [1.82, 2.24) is 9.62 Å². The molecule has 0 saturated carbocycles. The van der Waals surface area contributed by atoms with Gasteiger partial charge in [0.25, 0.3) is 5.91 Å². The topological polar surface area (TPSA) is 113 Å². The van der Waals surface area contributed by atoms with Gasteiger partial charge in [0.2, 0.25) is 10.0 Å². The molecule has 0 radical (unpaired) electrons. The van der Waals surface area contributed by atoms with E-state index < -0.39 is 27.4 Å². The van der Waals surface area contributed by atoms with Gasteiger partial charge in [0, 0.05) is 19.7 Å². The summed E-state index contributed by atoms with van der Waals surface area (Å²) >= 11 is 0. The van der Waals surface area contributed by atoms with Crippen molar-refractivity contribution >= 4 is 21.9 Å². The molecule has 1 atom stereocenters. The third-order valence-electron chi connectivity index (χ3n) is 3.80. The summed E-state index contributed by atoms with van der Waals surface area (Å²) in [5, 5.41) is 11.8. The molecule has 25 heavy (non-hydrogen) atoms. The summed E-state index contributed by atoms with van der Waals surface area (Å²) < 4.78 is 30.9. The Morgan fingerprint density at radius 3 is 2.36 bits per heavy atom. The van der Waals surface area contributed by atoms with Crippen LogP contribution in [-0.4, -0.2) is 56.5 Å². The number of amides is 1. The second-order valence-corrected chi connectivity index (χ2v) is 8.11. The third-order valence-corrected chi connectivity index (χ3v) is 5.63. The Morgan fingerprint density at radius 2 is 1.92 bits per heavy atom. The molecule has 0 bridgehead atoms. The van der Waals surface area contributed by atoms with Gasteiger partial charge in [-0.15, -0.1) is 0 Å². The Kier molecular flexibility index (Phi) is 6.55. The Morgan fingerprint density at radius 1 is 1.32 bits per heavy atom. The number of carboxylic acids is 1. The van der Waals surface area contributed by atoms with Gasteiger partial charge in [-0.3, -0.25) is 4.79 Å². The molecule has 8 nitrogen and oxygen atoms in total. The van der Waals surface area contributed by atoms with Crippen molar-refractivity contribution in [1.29, 1.82) is 0 Å². The molecule has 1 unspecified atom stereocenters. The predicted molar refractivity (Wildman–Crippen MR) is 92.3 cm³/mol. The van der Waals surface area contributed by atoms with Gasteiger partial charge < -0.3 is 15.2 Å². The molecular weight excluding hydrogens is 348 g/mol. The normalized spacial score (nSPS) is 14.0. The van der Waals surface area contributed by atoms with Crippen molar-refractivity contribution in [3.63, 3.8) is 0 Å². The van der Waals surface area contributed by atoms with E-state index in [-0.39, 0.29) is 22.6 Å². The highest BCUT2D eigenvalue weighted by Crippen LogP contribution is 2.27. The van der Waals surface area contributed by atoms with Crippen LogP contribution in [0.5, 0.6) is 5.75 Å². The van der Waals surface area contributed by atoms with E-state index in [9.17, 15) is 23.1 Å². The average molecular weight is 372 g/mol. The lowest BCUT2D eigenvalue weighted by molar-refractivity contribution is -0.144. The molecule has 2 N–H and O–H groups in total. The minimum absolute atomic E-state index is 0.0322. The fourth-order valence-corrected chi connectivity index (χ4v) is 3.34. The van der Waals surface area contributed by atoms with Gasteiger partial charge in [0.15, 0.2) is 0 Å². The first-order valence-corrected chi connectivity index (χ1v) is 9.10. The molecule has 0 aliphatic carbocycles. The lowest BCUT2D eigenvalue weighted by Gasteiger charge is -2.26. The summed E-state index contributed by atoms with van der Waals surface area (Å²) in [7, 11) is 0.223. The third kappa shape index (κ3) is 4.49. The van der Waals surface area contributed by atoms with Gasteiger partial charge >= 0.3 is 5.97 Å². The van der Waals surface area contributed by atoms with Crippen LogP contribution in [0.1, 0.15) is 37.0 Å². The van der Waals surface area contributed by atoms with Crippen LogP contribution in [0.25, 0.3) is 0 Å². The number of carbonyl (C=O) groups excluding carboxylic acids is 1. The number of hydrogen-bond donors (Lipinski definition) is 2. The SMILES string of the molecule is CCCC(C)(NC(=O)c1ccc(OC)c(S(=O)(=O)N(C)C)c1)C(=O)O. The fraction of sp³-hybridized carbons (Fsp3) is 0.500. The van der Waals surface area contributed by atoms with Crippen molar-refractivity contribution in [3.05, 3.63) is 23.8 Å². The molecule has 0 aliphatic rings. The molecule has 0 aliphatic heterocycles. The highest BCUT2D eigenvalue weighted by molar-refractivity contribution is 7.89. The first kappa shape index (κ1) is 20.9. The minimum Gasteiger partial charge on any atom is -0.495 e. The van der Waals surface area contributed by atoms with E-state index in [2.05, 4.69) is 5.32 Å². The molecule has 0 fully saturated rings.